The standard InChI is InChI=1S/C10H8ClN/c11-9-5-6-10(12)8-4-2-1-3-7(8)9/h1-6H,12H2/i6D. The van der Waals surface area contributed by atoms with Gasteiger partial charge in [-0.1, -0.05) is 35.9 Å². The third-order valence-electron chi connectivity index (χ3n) is 1.83. The summed E-state index contributed by atoms with van der Waals surface area (Å²) < 4.78 is 7.53. The second kappa shape index (κ2) is 2.68. The van der Waals surface area contributed by atoms with Crippen LogP contribution in [0, 0.1) is 0 Å². The third kappa shape index (κ3) is 1.03. The summed E-state index contributed by atoms with van der Waals surface area (Å²) in [6.45, 7) is 0. The highest BCUT2D eigenvalue weighted by atomic mass is 35.5. The Morgan fingerprint density at radius 3 is 2.58 bits per heavy atom. The minimum Gasteiger partial charge on any atom is -0.398 e. The highest BCUT2D eigenvalue weighted by Gasteiger charge is 1.99. The predicted octanol–water partition coefficient (Wildman–Crippen LogP) is 3.08. The summed E-state index contributed by atoms with van der Waals surface area (Å²) in [5, 5.41) is 2.33. The third-order valence-corrected chi connectivity index (χ3v) is 2.14. The van der Waals surface area contributed by atoms with Gasteiger partial charge in [-0.05, 0) is 12.1 Å². The van der Waals surface area contributed by atoms with Gasteiger partial charge in [0.05, 0.1) is 1.37 Å². The Kier molecular flexibility index (Phi) is 1.41. The van der Waals surface area contributed by atoms with Crippen LogP contribution in [0.5, 0.6) is 0 Å². The van der Waals surface area contributed by atoms with Gasteiger partial charge in [0.2, 0.25) is 0 Å². The molecule has 2 aromatic rings. The van der Waals surface area contributed by atoms with Crippen LogP contribution in [0.3, 0.4) is 0 Å². The minimum absolute atomic E-state index is 0.281. The Morgan fingerprint density at radius 2 is 1.83 bits per heavy atom. The van der Waals surface area contributed by atoms with E-state index in [1.165, 1.54) is 0 Å². The molecule has 0 aromatic heterocycles. The fourth-order valence-electron chi connectivity index (χ4n) is 1.22. The van der Waals surface area contributed by atoms with E-state index in [-0.39, 0.29) is 6.04 Å². The first-order valence-corrected chi connectivity index (χ1v) is 4.01. The molecule has 0 spiro atoms. The van der Waals surface area contributed by atoms with Crippen LogP contribution >= 0.6 is 11.6 Å². The van der Waals surface area contributed by atoms with Crippen molar-refractivity contribution in [1.29, 1.82) is 0 Å². The lowest BCUT2D eigenvalue weighted by Crippen LogP contribution is -1.86. The molecule has 12 heavy (non-hydrogen) atoms. The van der Waals surface area contributed by atoms with E-state index in [1.54, 1.807) is 6.07 Å². The summed E-state index contributed by atoms with van der Waals surface area (Å²) >= 11 is 5.96. The zero-order valence-electron chi connectivity index (χ0n) is 7.34. The van der Waals surface area contributed by atoms with Gasteiger partial charge in [-0.3, -0.25) is 0 Å². The molecule has 0 amide bonds. The van der Waals surface area contributed by atoms with Gasteiger partial charge in [0.1, 0.15) is 0 Å². The minimum atomic E-state index is 0.281. The summed E-state index contributed by atoms with van der Waals surface area (Å²) in [7, 11) is 0. The molecule has 0 unspecified atom stereocenters. The number of anilines is 1. The zero-order valence-corrected chi connectivity index (χ0v) is 7.10. The van der Waals surface area contributed by atoms with E-state index in [0.29, 0.717) is 10.7 Å². The predicted molar refractivity (Wildman–Crippen MR) is 53.4 cm³/mol. The van der Waals surface area contributed by atoms with Crippen LogP contribution in [-0.2, 0) is 0 Å². The van der Waals surface area contributed by atoms with Crippen LogP contribution in [-0.4, -0.2) is 0 Å². The van der Waals surface area contributed by atoms with Gasteiger partial charge in [-0.15, -0.1) is 0 Å². The number of rotatable bonds is 0. The molecule has 2 heteroatoms. The fraction of sp³-hybridized carbons (Fsp3) is 0. The molecule has 0 aliphatic rings. The monoisotopic (exact) mass is 178 g/mol. The summed E-state index contributed by atoms with van der Waals surface area (Å²) in [4.78, 5) is 0. The lowest BCUT2D eigenvalue weighted by Gasteiger charge is -2.02. The van der Waals surface area contributed by atoms with Crippen LogP contribution in [0.4, 0.5) is 5.69 Å². The van der Waals surface area contributed by atoms with Crippen molar-refractivity contribution in [3.05, 3.63) is 41.4 Å². The molecule has 0 saturated carbocycles. The van der Waals surface area contributed by atoms with Crippen LogP contribution in [0.2, 0.25) is 5.02 Å². The van der Waals surface area contributed by atoms with Crippen LogP contribution in [0.25, 0.3) is 10.8 Å². The molecule has 2 aromatic carbocycles. The van der Waals surface area contributed by atoms with Crippen molar-refractivity contribution < 1.29 is 1.37 Å². The average Bonchev–Trinajstić information content (AvgIpc) is 2.15. The normalized spacial score (nSPS) is 11.6. The van der Waals surface area contributed by atoms with Crippen molar-refractivity contribution in [2.45, 2.75) is 0 Å². The molecule has 0 saturated heterocycles. The van der Waals surface area contributed by atoms with Crippen LogP contribution in [0.1, 0.15) is 1.37 Å². The molecule has 0 atom stereocenters. The smallest absolute Gasteiger partial charge is 0.0645 e. The molecular formula is C10H8ClN. The van der Waals surface area contributed by atoms with Crippen LogP contribution < -0.4 is 5.73 Å². The molecule has 0 aliphatic carbocycles. The summed E-state index contributed by atoms with van der Waals surface area (Å²) in [6.07, 6.45) is 0. The van der Waals surface area contributed by atoms with Gasteiger partial charge in [-0.2, -0.15) is 0 Å². The fourth-order valence-corrected chi connectivity index (χ4v) is 1.44. The first-order valence-electron chi connectivity index (χ1n) is 4.13. The van der Waals surface area contributed by atoms with E-state index in [9.17, 15) is 0 Å². The highest BCUT2D eigenvalue weighted by Crippen LogP contribution is 2.27. The summed E-state index contributed by atoms with van der Waals surface area (Å²) in [6, 6.07) is 9.40. The molecule has 0 aliphatic heterocycles. The second-order valence-corrected chi connectivity index (χ2v) is 3.00. The quantitative estimate of drug-likeness (QED) is 0.617. The number of hydrogen-bond donors (Lipinski definition) is 1. The zero-order chi connectivity index (χ0) is 9.42. The average molecular weight is 179 g/mol. The van der Waals surface area contributed by atoms with Gasteiger partial charge in [0, 0.05) is 21.5 Å². The van der Waals surface area contributed by atoms with E-state index < -0.39 is 0 Å². The molecule has 60 valence electrons. The first kappa shape index (κ1) is 6.32. The number of nitrogens with two attached hydrogens (primary N) is 1. The Balaban J connectivity index is 2.97. The van der Waals surface area contributed by atoms with E-state index in [2.05, 4.69) is 0 Å². The Hall–Kier alpha value is -1.21. The van der Waals surface area contributed by atoms with Crippen molar-refractivity contribution in [1.82, 2.24) is 0 Å². The van der Waals surface area contributed by atoms with Crippen molar-refractivity contribution in [2.75, 3.05) is 5.73 Å². The van der Waals surface area contributed by atoms with E-state index >= 15 is 0 Å². The molecule has 2 N–H and O–H groups in total. The SMILES string of the molecule is [2H]c1cc(Cl)c2ccccc2c1N. The van der Waals surface area contributed by atoms with Crippen LogP contribution in [0.15, 0.2) is 36.4 Å². The lowest BCUT2D eigenvalue weighted by molar-refractivity contribution is 1.73. The number of fused-ring (bicyclic) bond motifs is 1. The van der Waals surface area contributed by atoms with E-state index in [4.69, 9.17) is 18.7 Å². The van der Waals surface area contributed by atoms with Gasteiger partial charge in [0.25, 0.3) is 0 Å². The molecule has 1 nitrogen and oxygen atoms in total. The summed E-state index contributed by atoms with van der Waals surface area (Å²) in [5.41, 5.74) is 6.23. The summed E-state index contributed by atoms with van der Waals surface area (Å²) in [5.74, 6) is 0. The molecule has 0 fully saturated rings. The maximum absolute atomic E-state index is 7.53. The Bertz CT molecular complexity index is 468. The maximum atomic E-state index is 7.53. The van der Waals surface area contributed by atoms with Crippen molar-refractivity contribution >= 4 is 28.1 Å². The first-order chi connectivity index (χ1) is 6.20. The highest BCUT2D eigenvalue weighted by molar-refractivity contribution is 6.36. The largest absolute Gasteiger partial charge is 0.398 e. The van der Waals surface area contributed by atoms with Crippen molar-refractivity contribution in [3.63, 3.8) is 0 Å². The molecule has 0 radical (unpaired) electrons. The lowest BCUT2D eigenvalue weighted by atomic mass is 10.1. The number of halogens is 1. The maximum Gasteiger partial charge on any atom is 0.0645 e. The second-order valence-electron chi connectivity index (χ2n) is 2.60. The van der Waals surface area contributed by atoms with E-state index in [0.717, 1.165) is 10.8 Å². The molecular weight excluding hydrogens is 170 g/mol. The topological polar surface area (TPSA) is 26.0 Å². The number of hydrogen-bond acceptors (Lipinski definition) is 1. The number of benzene rings is 2. The van der Waals surface area contributed by atoms with Crippen molar-refractivity contribution in [3.8, 4) is 0 Å². The van der Waals surface area contributed by atoms with Gasteiger partial charge < -0.3 is 5.73 Å². The molecule has 2 rings (SSSR count). The van der Waals surface area contributed by atoms with Gasteiger partial charge >= 0.3 is 0 Å². The van der Waals surface area contributed by atoms with Gasteiger partial charge in [0.15, 0.2) is 0 Å². The van der Waals surface area contributed by atoms with Crippen molar-refractivity contribution in [2.24, 2.45) is 0 Å². The Morgan fingerprint density at radius 1 is 1.17 bits per heavy atom. The number of nitrogen functional groups attached to an aromatic ring is 1. The molecule has 0 heterocycles. The van der Waals surface area contributed by atoms with Gasteiger partial charge in [-0.25, -0.2) is 0 Å². The Labute approximate surface area is 77.2 Å². The van der Waals surface area contributed by atoms with E-state index in [1.807, 2.05) is 24.3 Å². The molecule has 0 bridgehead atoms.